The molecule has 122 valence electrons. The quantitative estimate of drug-likeness (QED) is 0.244. The van der Waals surface area contributed by atoms with Gasteiger partial charge in [-0.15, -0.1) is 0 Å². The fourth-order valence-electron chi connectivity index (χ4n) is 1.89. The van der Waals surface area contributed by atoms with Crippen molar-refractivity contribution in [2.75, 3.05) is 11.5 Å². The summed E-state index contributed by atoms with van der Waals surface area (Å²) < 4.78 is 0. The second-order valence-corrected chi connectivity index (χ2v) is 6.50. The van der Waals surface area contributed by atoms with Gasteiger partial charge in [0.25, 0.3) is 0 Å². The molecule has 0 spiro atoms. The van der Waals surface area contributed by atoms with Crippen molar-refractivity contribution >= 4 is 11.8 Å². The lowest BCUT2D eigenvalue weighted by Crippen LogP contribution is -2.00. The summed E-state index contributed by atoms with van der Waals surface area (Å²) in [5, 5.41) is 9.70. The summed E-state index contributed by atoms with van der Waals surface area (Å²) in [6.45, 7) is 4.41. The molecule has 0 aromatic rings. The zero-order valence-corrected chi connectivity index (χ0v) is 14.8. The SMILES string of the molecule is CCCC/C=C\CCSC/C=C\C=C\[C@@H](O)CCCCC. The minimum Gasteiger partial charge on any atom is -0.389 e. The Kier molecular flexibility index (Phi) is 17.2. The molecular formula is C19H34OS. The number of hydrogen-bond acceptors (Lipinski definition) is 2. The second kappa shape index (κ2) is 17.6. The Hall–Kier alpha value is -0.470. The molecule has 0 aromatic carbocycles. The fourth-order valence-corrected chi connectivity index (χ4v) is 2.60. The third kappa shape index (κ3) is 17.5. The van der Waals surface area contributed by atoms with Gasteiger partial charge in [-0.1, -0.05) is 82.4 Å². The van der Waals surface area contributed by atoms with Crippen LogP contribution in [0.15, 0.2) is 36.5 Å². The summed E-state index contributed by atoms with van der Waals surface area (Å²) in [6.07, 6.45) is 21.8. The van der Waals surface area contributed by atoms with E-state index in [0.29, 0.717) is 0 Å². The first-order valence-electron chi connectivity index (χ1n) is 8.55. The molecule has 0 bridgehead atoms. The average molecular weight is 311 g/mol. The number of aliphatic hydroxyl groups is 1. The second-order valence-electron chi connectivity index (χ2n) is 5.35. The maximum Gasteiger partial charge on any atom is 0.0723 e. The van der Waals surface area contributed by atoms with Crippen molar-refractivity contribution in [3.05, 3.63) is 36.5 Å². The lowest BCUT2D eigenvalue weighted by molar-refractivity contribution is 0.208. The molecule has 1 atom stereocenters. The van der Waals surface area contributed by atoms with Crippen LogP contribution in [0.2, 0.25) is 0 Å². The van der Waals surface area contributed by atoms with E-state index in [9.17, 15) is 5.11 Å². The standard InChI is InChI=1S/C19H34OS/c1-3-5-7-8-9-13-17-21-18-14-10-12-16-19(20)15-11-6-4-2/h8-10,12,14,16,19-20H,3-7,11,13,15,17-18H2,1-2H3/b9-8-,14-10-,16-12+/t19-/m0/s1. The smallest absolute Gasteiger partial charge is 0.0723 e. The number of thioether (sulfide) groups is 1. The molecule has 0 unspecified atom stereocenters. The molecule has 1 N–H and O–H groups in total. The van der Waals surface area contributed by atoms with E-state index in [1.54, 1.807) is 0 Å². The van der Waals surface area contributed by atoms with Crippen LogP contribution in [0.5, 0.6) is 0 Å². The summed E-state index contributed by atoms with van der Waals surface area (Å²) in [5.74, 6) is 2.25. The summed E-state index contributed by atoms with van der Waals surface area (Å²) in [7, 11) is 0. The van der Waals surface area contributed by atoms with Gasteiger partial charge >= 0.3 is 0 Å². The van der Waals surface area contributed by atoms with Crippen LogP contribution in [0.3, 0.4) is 0 Å². The zero-order chi connectivity index (χ0) is 15.6. The van der Waals surface area contributed by atoms with E-state index in [2.05, 4.69) is 32.1 Å². The molecule has 0 saturated heterocycles. The molecule has 0 aliphatic rings. The van der Waals surface area contributed by atoms with Crippen LogP contribution in [0.25, 0.3) is 0 Å². The maximum absolute atomic E-state index is 9.70. The van der Waals surface area contributed by atoms with E-state index in [0.717, 1.165) is 18.6 Å². The highest BCUT2D eigenvalue weighted by atomic mass is 32.2. The van der Waals surface area contributed by atoms with Crippen LogP contribution in [-0.4, -0.2) is 22.7 Å². The van der Waals surface area contributed by atoms with Crippen molar-refractivity contribution in [1.82, 2.24) is 0 Å². The molecule has 21 heavy (non-hydrogen) atoms. The number of hydrogen-bond donors (Lipinski definition) is 1. The Labute approximate surface area is 136 Å². The number of rotatable bonds is 14. The van der Waals surface area contributed by atoms with E-state index in [4.69, 9.17) is 0 Å². The summed E-state index contributed by atoms with van der Waals surface area (Å²) in [6, 6.07) is 0. The van der Waals surface area contributed by atoms with Gasteiger partial charge in [0.05, 0.1) is 6.10 Å². The van der Waals surface area contributed by atoms with Crippen LogP contribution in [0.4, 0.5) is 0 Å². The Morgan fingerprint density at radius 3 is 2.43 bits per heavy atom. The molecular weight excluding hydrogens is 276 g/mol. The largest absolute Gasteiger partial charge is 0.389 e. The molecule has 0 aliphatic carbocycles. The predicted octanol–water partition coefficient (Wildman–Crippen LogP) is 5.91. The van der Waals surface area contributed by atoms with Crippen molar-refractivity contribution in [2.45, 2.75) is 71.3 Å². The Balaban J connectivity index is 3.41. The summed E-state index contributed by atoms with van der Waals surface area (Å²) in [5.41, 5.74) is 0. The monoisotopic (exact) mass is 310 g/mol. The predicted molar refractivity (Wildman–Crippen MR) is 99.0 cm³/mol. The van der Waals surface area contributed by atoms with Gasteiger partial charge in [0.2, 0.25) is 0 Å². The van der Waals surface area contributed by atoms with Gasteiger partial charge in [0.15, 0.2) is 0 Å². The minimum atomic E-state index is -0.276. The number of unbranched alkanes of at least 4 members (excludes halogenated alkanes) is 4. The Morgan fingerprint density at radius 1 is 0.905 bits per heavy atom. The van der Waals surface area contributed by atoms with Gasteiger partial charge in [-0.2, -0.15) is 11.8 Å². The molecule has 0 fully saturated rings. The lowest BCUT2D eigenvalue weighted by Gasteiger charge is -2.03. The van der Waals surface area contributed by atoms with Crippen LogP contribution in [-0.2, 0) is 0 Å². The van der Waals surface area contributed by atoms with Crippen molar-refractivity contribution in [3.63, 3.8) is 0 Å². The molecule has 2 heteroatoms. The molecule has 0 heterocycles. The van der Waals surface area contributed by atoms with Gasteiger partial charge < -0.3 is 5.11 Å². The summed E-state index contributed by atoms with van der Waals surface area (Å²) in [4.78, 5) is 0. The average Bonchev–Trinajstić information content (AvgIpc) is 2.48. The van der Waals surface area contributed by atoms with E-state index < -0.39 is 0 Å². The molecule has 1 nitrogen and oxygen atoms in total. The van der Waals surface area contributed by atoms with Gasteiger partial charge in [-0.25, -0.2) is 0 Å². The molecule has 0 rings (SSSR count). The number of aliphatic hydroxyl groups excluding tert-OH is 1. The minimum absolute atomic E-state index is 0.276. The van der Waals surface area contributed by atoms with Crippen molar-refractivity contribution in [1.29, 1.82) is 0 Å². The Morgan fingerprint density at radius 2 is 1.67 bits per heavy atom. The van der Waals surface area contributed by atoms with Crippen molar-refractivity contribution in [2.24, 2.45) is 0 Å². The molecule has 0 amide bonds. The normalized spacial score (nSPS) is 13.9. The van der Waals surface area contributed by atoms with E-state index >= 15 is 0 Å². The number of allylic oxidation sites excluding steroid dienone is 4. The van der Waals surface area contributed by atoms with Gasteiger partial charge in [-0.3, -0.25) is 0 Å². The molecule has 0 aliphatic heterocycles. The molecule has 0 saturated carbocycles. The van der Waals surface area contributed by atoms with Crippen LogP contribution < -0.4 is 0 Å². The van der Waals surface area contributed by atoms with Crippen LogP contribution in [0.1, 0.15) is 65.2 Å². The van der Waals surface area contributed by atoms with E-state index in [-0.39, 0.29) is 6.10 Å². The fraction of sp³-hybridized carbons (Fsp3) is 0.684. The molecule has 0 aromatic heterocycles. The first-order chi connectivity index (χ1) is 10.3. The lowest BCUT2D eigenvalue weighted by atomic mass is 10.1. The first-order valence-corrected chi connectivity index (χ1v) is 9.70. The maximum atomic E-state index is 9.70. The van der Waals surface area contributed by atoms with E-state index in [1.165, 1.54) is 44.3 Å². The highest BCUT2D eigenvalue weighted by Crippen LogP contribution is 2.06. The van der Waals surface area contributed by atoms with Crippen molar-refractivity contribution < 1.29 is 5.11 Å². The Bertz CT molecular complexity index is 281. The third-order valence-electron chi connectivity index (χ3n) is 3.22. The third-order valence-corrected chi connectivity index (χ3v) is 4.17. The highest BCUT2D eigenvalue weighted by Gasteiger charge is 1.96. The van der Waals surface area contributed by atoms with Crippen LogP contribution in [0, 0.1) is 0 Å². The first kappa shape index (κ1) is 20.5. The highest BCUT2D eigenvalue weighted by molar-refractivity contribution is 7.99. The topological polar surface area (TPSA) is 20.2 Å². The summed E-state index contributed by atoms with van der Waals surface area (Å²) >= 11 is 1.96. The van der Waals surface area contributed by atoms with Gasteiger partial charge in [0, 0.05) is 5.75 Å². The zero-order valence-electron chi connectivity index (χ0n) is 14.0. The van der Waals surface area contributed by atoms with E-state index in [1.807, 2.05) is 30.0 Å². The van der Waals surface area contributed by atoms with Crippen molar-refractivity contribution in [3.8, 4) is 0 Å². The van der Waals surface area contributed by atoms with Gasteiger partial charge in [0.1, 0.15) is 0 Å². The van der Waals surface area contributed by atoms with Crippen LogP contribution >= 0.6 is 11.8 Å². The molecule has 0 radical (unpaired) electrons. The van der Waals surface area contributed by atoms with Gasteiger partial charge in [-0.05, 0) is 25.0 Å².